The van der Waals surface area contributed by atoms with Gasteiger partial charge in [-0.2, -0.15) is 0 Å². The van der Waals surface area contributed by atoms with E-state index in [1.165, 1.54) is 5.70 Å². The zero-order valence-electron chi connectivity index (χ0n) is 13.0. The summed E-state index contributed by atoms with van der Waals surface area (Å²) in [5.74, 6) is -0.0617. The van der Waals surface area contributed by atoms with Crippen LogP contribution in [0.4, 0.5) is 0 Å². The predicted octanol–water partition coefficient (Wildman–Crippen LogP) is 4.26. The first-order valence-electron chi connectivity index (χ1n) is 8.03. The molecule has 4 heteroatoms. The number of ether oxygens (including phenoxy) is 1. The van der Waals surface area contributed by atoms with Crippen molar-refractivity contribution in [2.45, 2.75) is 44.6 Å². The minimum absolute atomic E-state index is 0.0617. The van der Waals surface area contributed by atoms with Crippen LogP contribution in [0.3, 0.4) is 0 Å². The van der Waals surface area contributed by atoms with E-state index < -0.39 is 0 Å². The number of nitrogens with zero attached hydrogens (tertiary/aromatic N) is 1. The summed E-state index contributed by atoms with van der Waals surface area (Å²) in [7, 11) is 0. The van der Waals surface area contributed by atoms with E-state index in [-0.39, 0.29) is 11.6 Å². The van der Waals surface area contributed by atoms with E-state index in [0.717, 1.165) is 49.4 Å². The van der Waals surface area contributed by atoms with Crippen molar-refractivity contribution in [2.75, 3.05) is 13.1 Å². The summed E-state index contributed by atoms with van der Waals surface area (Å²) in [5, 5.41) is 0.745. The molecule has 22 heavy (non-hydrogen) atoms. The number of piperidine rings is 1. The lowest BCUT2D eigenvalue weighted by Gasteiger charge is -2.33. The van der Waals surface area contributed by atoms with Crippen LogP contribution in [0.5, 0.6) is 0 Å². The molecule has 1 aromatic carbocycles. The molecule has 0 amide bonds. The lowest BCUT2D eigenvalue weighted by atomic mass is 9.94. The van der Waals surface area contributed by atoms with Gasteiger partial charge < -0.3 is 9.64 Å². The van der Waals surface area contributed by atoms with Gasteiger partial charge in [-0.1, -0.05) is 30.7 Å². The fourth-order valence-corrected chi connectivity index (χ4v) is 3.68. The number of fused-ring (bicyclic) bond motifs is 2. The van der Waals surface area contributed by atoms with E-state index in [9.17, 15) is 4.79 Å². The van der Waals surface area contributed by atoms with Gasteiger partial charge in [0.2, 0.25) is 0 Å². The van der Waals surface area contributed by atoms with Gasteiger partial charge in [0.05, 0.1) is 6.54 Å². The van der Waals surface area contributed by atoms with Crippen LogP contribution in [0.1, 0.15) is 44.6 Å². The Morgan fingerprint density at radius 3 is 3.14 bits per heavy atom. The Kier molecular flexibility index (Phi) is 4.44. The molecule has 3 rings (SSSR count). The van der Waals surface area contributed by atoms with Crippen LogP contribution in [0, 0.1) is 0 Å². The van der Waals surface area contributed by atoms with Gasteiger partial charge >= 0.3 is 5.97 Å². The zero-order valence-corrected chi connectivity index (χ0v) is 13.7. The maximum Gasteiger partial charge on any atom is 0.306 e. The molecule has 0 radical (unpaired) electrons. The molecule has 2 fully saturated rings. The molecule has 0 aliphatic carbocycles. The average Bonchev–Trinajstić information content (AvgIpc) is 2.69. The van der Waals surface area contributed by atoms with Crippen molar-refractivity contribution in [1.29, 1.82) is 0 Å². The summed E-state index contributed by atoms with van der Waals surface area (Å²) in [6, 6.07) is 7.86. The number of carbonyl (C=O) groups excluding carboxylic acids is 1. The monoisotopic (exact) mass is 319 g/mol. The van der Waals surface area contributed by atoms with Gasteiger partial charge in [0.15, 0.2) is 0 Å². The molecule has 0 N–H and O–H groups in total. The SMILES string of the molecule is CCCC(=O)OC12CCCN(C1)/C(=C/c1cccc(Cl)c1)C2. The number of carbonyl (C=O) groups is 1. The van der Waals surface area contributed by atoms with Crippen molar-refractivity contribution in [1.82, 2.24) is 4.90 Å². The molecular formula is C18H22ClNO2. The van der Waals surface area contributed by atoms with E-state index in [1.54, 1.807) is 0 Å². The highest BCUT2D eigenvalue weighted by molar-refractivity contribution is 6.30. The number of rotatable bonds is 4. The summed E-state index contributed by atoms with van der Waals surface area (Å²) in [5.41, 5.74) is 2.05. The lowest BCUT2D eigenvalue weighted by molar-refractivity contribution is -0.160. The van der Waals surface area contributed by atoms with Crippen molar-refractivity contribution in [2.24, 2.45) is 0 Å². The highest BCUT2D eigenvalue weighted by atomic mass is 35.5. The van der Waals surface area contributed by atoms with E-state index in [0.29, 0.717) is 6.42 Å². The molecule has 1 aromatic rings. The summed E-state index contributed by atoms with van der Waals surface area (Å²) >= 11 is 6.06. The first-order valence-corrected chi connectivity index (χ1v) is 8.41. The zero-order chi connectivity index (χ0) is 15.6. The molecule has 2 bridgehead atoms. The van der Waals surface area contributed by atoms with E-state index in [4.69, 9.17) is 16.3 Å². The molecule has 2 heterocycles. The third kappa shape index (κ3) is 3.30. The molecule has 2 aliphatic rings. The molecule has 1 atom stereocenters. The van der Waals surface area contributed by atoms with Crippen molar-refractivity contribution >= 4 is 23.6 Å². The number of hydrogen-bond acceptors (Lipinski definition) is 3. The molecule has 0 aromatic heterocycles. The Labute approximate surface area is 136 Å². The third-order valence-electron chi connectivity index (χ3n) is 4.42. The minimum atomic E-state index is -0.311. The van der Waals surface area contributed by atoms with Crippen molar-refractivity contribution in [3.8, 4) is 0 Å². The van der Waals surface area contributed by atoms with Gasteiger partial charge in [-0.25, -0.2) is 0 Å². The molecule has 118 valence electrons. The number of halogens is 1. The molecule has 2 saturated heterocycles. The van der Waals surface area contributed by atoms with Crippen LogP contribution < -0.4 is 0 Å². The highest BCUT2D eigenvalue weighted by Gasteiger charge is 2.46. The first kappa shape index (κ1) is 15.4. The quantitative estimate of drug-likeness (QED) is 0.776. The van der Waals surface area contributed by atoms with E-state index in [1.807, 2.05) is 25.1 Å². The standard InChI is InChI=1S/C18H22ClNO2/c1-2-5-17(21)22-18-8-4-9-20(13-18)16(12-18)11-14-6-3-7-15(19)10-14/h3,6-7,10-11H,2,4-5,8-9,12-13H2,1H3/b16-11+. The van der Waals surface area contributed by atoms with Crippen LogP contribution in [0.2, 0.25) is 5.02 Å². The molecular weight excluding hydrogens is 298 g/mol. The normalized spacial score (nSPS) is 25.5. The van der Waals surface area contributed by atoms with Gasteiger partial charge in [0.1, 0.15) is 5.60 Å². The third-order valence-corrected chi connectivity index (χ3v) is 4.65. The number of hydrogen-bond donors (Lipinski definition) is 0. The Morgan fingerprint density at radius 1 is 1.50 bits per heavy atom. The van der Waals surface area contributed by atoms with Crippen LogP contribution in [-0.4, -0.2) is 29.6 Å². The fourth-order valence-electron chi connectivity index (χ4n) is 3.48. The Bertz CT molecular complexity index is 599. The Balaban J connectivity index is 1.79. The van der Waals surface area contributed by atoms with Crippen molar-refractivity contribution < 1.29 is 9.53 Å². The van der Waals surface area contributed by atoms with Crippen LogP contribution >= 0.6 is 11.6 Å². The molecule has 2 aliphatic heterocycles. The second-order valence-electron chi connectivity index (χ2n) is 6.30. The van der Waals surface area contributed by atoms with E-state index in [2.05, 4.69) is 17.0 Å². The molecule has 0 saturated carbocycles. The van der Waals surface area contributed by atoms with Gasteiger partial charge in [-0.3, -0.25) is 4.79 Å². The van der Waals surface area contributed by atoms with Gasteiger partial charge in [-0.05, 0) is 43.0 Å². The van der Waals surface area contributed by atoms with Gasteiger partial charge in [-0.15, -0.1) is 0 Å². The van der Waals surface area contributed by atoms with Gasteiger partial charge in [0.25, 0.3) is 0 Å². The van der Waals surface area contributed by atoms with Crippen molar-refractivity contribution in [3.05, 3.63) is 40.5 Å². The smallest absolute Gasteiger partial charge is 0.306 e. The Morgan fingerprint density at radius 2 is 2.36 bits per heavy atom. The summed E-state index contributed by atoms with van der Waals surface area (Å²) in [6.07, 6.45) is 6.37. The maximum atomic E-state index is 11.9. The van der Waals surface area contributed by atoms with Crippen LogP contribution in [0.15, 0.2) is 30.0 Å². The second kappa shape index (κ2) is 6.33. The lowest BCUT2D eigenvalue weighted by Crippen LogP contribution is -2.42. The topological polar surface area (TPSA) is 29.5 Å². The van der Waals surface area contributed by atoms with Crippen molar-refractivity contribution in [3.63, 3.8) is 0 Å². The predicted molar refractivity (Wildman–Crippen MR) is 88.6 cm³/mol. The second-order valence-corrected chi connectivity index (χ2v) is 6.74. The largest absolute Gasteiger partial charge is 0.457 e. The van der Waals surface area contributed by atoms with Crippen LogP contribution in [-0.2, 0) is 9.53 Å². The molecule has 3 nitrogen and oxygen atoms in total. The minimum Gasteiger partial charge on any atom is -0.457 e. The fraction of sp³-hybridized carbons (Fsp3) is 0.500. The van der Waals surface area contributed by atoms with Gasteiger partial charge in [0, 0.05) is 30.1 Å². The number of benzene rings is 1. The van der Waals surface area contributed by atoms with Crippen LogP contribution in [0.25, 0.3) is 6.08 Å². The summed E-state index contributed by atoms with van der Waals surface area (Å²) in [6.45, 7) is 3.87. The van der Waals surface area contributed by atoms with E-state index >= 15 is 0 Å². The highest BCUT2D eigenvalue weighted by Crippen LogP contribution is 2.41. The molecule has 0 spiro atoms. The first-order chi connectivity index (χ1) is 10.6. The molecule has 1 unspecified atom stereocenters. The average molecular weight is 320 g/mol. The summed E-state index contributed by atoms with van der Waals surface area (Å²) < 4.78 is 5.85. The number of esters is 1. The maximum absolute atomic E-state index is 11.9. The Hall–Kier alpha value is -1.48. The summed E-state index contributed by atoms with van der Waals surface area (Å²) in [4.78, 5) is 14.3.